The summed E-state index contributed by atoms with van der Waals surface area (Å²) in [5.74, 6) is 1.30. The maximum Gasteiger partial charge on any atom is 0.338 e. The van der Waals surface area contributed by atoms with Crippen LogP contribution in [0.25, 0.3) is 0 Å². The highest BCUT2D eigenvalue weighted by molar-refractivity contribution is 5.95. The zero-order valence-electron chi connectivity index (χ0n) is 20.5. The molecule has 35 heavy (non-hydrogen) atoms. The molecule has 2 amide bonds. The fourth-order valence-corrected chi connectivity index (χ4v) is 4.95. The third-order valence-corrected chi connectivity index (χ3v) is 6.53. The van der Waals surface area contributed by atoms with Gasteiger partial charge in [-0.3, -0.25) is 4.90 Å². The Hall–Kier alpha value is -3.46. The van der Waals surface area contributed by atoms with Crippen molar-refractivity contribution in [3.05, 3.63) is 59.2 Å². The summed E-state index contributed by atoms with van der Waals surface area (Å²) in [6, 6.07) is 8.35. The van der Waals surface area contributed by atoms with Gasteiger partial charge in [0.25, 0.3) is 0 Å². The van der Waals surface area contributed by atoms with E-state index in [1.54, 1.807) is 32.4 Å². The van der Waals surface area contributed by atoms with Crippen molar-refractivity contribution in [1.29, 1.82) is 0 Å². The zero-order chi connectivity index (χ0) is 24.8. The molecule has 1 aromatic carbocycles. The number of para-hydroxylation sites is 1. The van der Waals surface area contributed by atoms with Crippen LogP contribution in [0.3, 0.4) is 0 Å². The molecule has 1 aliphatic heterocycles. The predicted molar refractivity (Wildman–Crippen MR) is 129 cm³/mol. The number of carbonyl (C=O) groups is 2. The van der Waals surface area contributed by atoms with Gasteiger partial charge in [-0.1, -0.05) is 25.0 Å². The monoisotopic (exact) mass is 483 g/mol. The van der Waals surface area contributed by atoms with Crippen molar-refractivity contribution in [1.82, 2.24) is 15.5 Å². The van der Waals surface area contributed by atoms with Gasteiger partial charge >= 0.3 is 12.0 Å². The van der Waals surface area contributed by atoms with E-state index < -0.39 is 18.0 Å². The summed E-state index contributed by atoms with van der Waals surface area (Å²) in [5.41, 5.74) is 1.47. The number of furan rings is 1. The third-order valence-electron chi connectivity index (χ3n) is 6.53. The highest BCUT2D eigenvalue weighted by atomic mass is 16.5. The van der Waals surface area contributed by atoms with Gasteiger partial charge in [0, 0.05) is 23.8 Å². The number of rotatable bonds is 10. The number of amides is 2. The first kappa shape index (κ1) is 24.7. The molecule has 1 unspecified atom stereocenters. The van der Waals surface area contributed by atoms with E-state index in [9.17, 15) is 9.59 Å². The van der Waals surface area contributed by atoms with Crippen molar-refractivity contribution < 1.29 is 28.2 Å². The van der Waals surface area contributed by atoms with E-state index in [4.69, 9.17) is 18.6 Å². The molecule has 9 nitrogen and oxygen atoms in total. The standard InChI is InChI=1S/C26H33N3O6/c1-4-34-25(30)22-20(16-29(17-9-5-6-10-17)15-18-11-8-14-35-18)27-26(31)28-23(22)19-12-7-13-21(32-2)24(19)33-3/h7-8,11-14,17,23H,4-6,9-10,15-16H2,1-3H3,(H2,27,28,31). The first-order valence-corrected chi connectivity index (χ1v) is 12.0. The Kier molecular flexibility index (Phi) is 7.97. The Labute approximate surface area is 205 Å². The Morgan fingerprint density at radius 1 is 1.11 bits per heavy atom. The molecule has 1 aliphatic carbocycles. The lowest BCUT2D eigenvalue weighted by Gasteiger charge is -2.34. The maximum atomic E-state index is 13.3. The van der Waals surface area contributed by atoms with E-state index in [-0.39, 0.29) is 6.61 Å². The number of methoxy groups -OCH3 is 2. The summed E-state index contributed by atoms with van der Waals surface area (Å²) in [7, 11) is 3.08. The van der Waals surface area contributed by atoms with E-state index >= 15 is 0 Å². The minimum absolute atomic E-state index is 0.213. The number of urea groups is 1. The number of carbonyl (C=O) groups excluding carboxylic acids is 2. The quantitative estimate of drug-likeness (QED) is 0.494. The minimum atomic E-state index is -0.767. The van der Waals surface area contributed by atoms with Crippen LogP contribution in [0.15, 0.2) is 52.3 Å². The van der Waals surface area contributed by atoms with Crippen LogP contribution in [0.1, 0.15) is 50.0 Å². The molecule has 2 aliphatic rings. The number of ether oxygens (including phenoxy) is 3. The Bertz CT molecular complexity index is 1060. The van der Waals surface area contributed by atoms with Crippen LogP contribution in [0, 0.1) is 0 Å². The van der Waals surface area contributed by atoms with Gasteiger partial charge in [-0.25, -0.2) is 9.59 Å². The van der Waals surface area contributed by atoms with Gasteiger partial charge in [0.2, 0.25) is 0 Å². The van der Waals surface area contributed by atoms with Crippen LogP contribution < -0.4 is 20.1 Å². The van der Waals surface area contributed by atoms with Gasteiger partial charge in [-0.2, -0.15) is 0 Å². The normalized spacial score (nSPS) is 18.4. The van der Waals surface area contributed by atoms with Crippen LogP contribution >= 0.6 is 0 Å². The van der Waals surface area contributed by atoms with Crippen LogP contribution in [0.5, 0.6) is 11.5 Å². The molecule has 4 rings (SSSR count). The van der Waals surface area contributed by atoms with E-state index in [1.165, 1.54) is 7.11 Å². The van der Waals surface area contributed by atoms with Crippen molar-refractivity contribution >= 4 is 12.0 Å². The Morgan fingerprint density at radius 3 is 2.57 bits per heavy atom. The molecule has 1 atom stereocenters. The molecule has 9 heteroatoms. The lowest BCUT2D eigenvalue weighted by Crippen LogP contribution is -2.49. The molecule has 0 bridgehead atoms. The van der Waals surface area contributed by atoms with Crippen molar-refractivity contribution in [3.8, 4) is 11.5 Å². The molecule has 0 saturated heterocycles. The van der Waals surface area contributed by atoms with Crippen molar-refractivity contribution in [2.24, 2.45) is 0 Å². The minimum Gasteiger partial charge on any atom is -0.493 e. The summed E-state index contributed by atoms with van der Waals surface area (Å²) in [5, 5.41) is 5.77. The molecule has 188 valence electrons. The summed E-state index contributed by atoms with van der Waals surface area (Å²) in [4.78, 5) is 28.4. The van der Waals surface area contributed by atoms with Crippen LogP contribution in [-0.2, 0) is 16.1 Å². The predicted octanol–water partition coefficient (Wildman–Crippen LogP) is 3.91. The Balaban J connectivity index is 1.77. The number of nitrogens with zero attached hydrogens (tertiary/aromatic N) is 1. The second-order valence-electron chi connectivity index (χ2n) is 8.65. The first-order valence-electron chi connectivity index (χ1n) is 12.0. The molecule has 2 N–H and O–H groups in total. The van der Waals surface area contributed by atoms with Crippen molar-refractivity contribution in [3.63, 3.8) is 0 Å². The number of hydrogen-bond donors (Lipinski definition) is 2. The lowest BCUT2D eigenvalue weighted by atomic mass is 9.93. The first-order chi connectivity index (χ1) is 17.0. The van der Waals surface area contributed by atoms with E-state index in [1.807, 2.05) is 18.2 Å². The van der Waals surface area contributed by atoms with E-state index in [0.717, 1.165) is 31.4 Å². The van der Waals surface area contributed by atoms with Gasteiger partial charge in [0.1, 0.15) is 5.76 Å². The number of benzene rings is 1. The fraction of sp³-hybridized carbons (Fsp3) is 0.462. The summed E-state index contributed by atoms with van der Waals surface area (Å²) < 4.78 is 22.1. The van der Waals surface area contributed by atoms with Gasteiger partial charge in [-0.15, -0.1) is 0 Å². The van der Waals surface area contributed by atoms with Crippen molar-refractivity contribution in [2.75, 3.05) is 27.4 Å². The molecule has 0 spiro atoms. The molecule has 1 fully saturated rings. The number of hydrogen-bond acceptors (Lipinski definition) is 7. The van der Waals surface area contributed by atoms with Gasteiger partial charge < -0.3 is 29.3 Å². The van der Waals surface area contributed by atoms with Crippen LogP contribution in [-0.4, -0.2) is 50.3 Å². The fourth-order valence-electron chi connectivity index (χ4n) is 4.95. The lowest BCUT2D eigenvalue weighted by molar-refractivity contribution is -0.139. The SMILES string of the molecule is CCOC(=O)C1=C(CN(Cc2ccco2)C2CCCC2)NC(=O)NC1c1cccc(OC)c1OC. The third kappa shape index (κ3) is 5.45. The largest absolute Gasteiger partial charge is 0.493 e. The second kappa shape index (κ2) is 11.3. The molecule has 1 aromatic heterocycles. The molecular formula is C26H33N3O6. The topological polar surface area (TPSA) is 102 Å². The molecule has 1 saturated carbocycles. The molecule has 0 radical (unpaired) electrons. The average molecular weight is 484 g/mol. The van der Waals surface area contributed by atoms with E-state index in [0.29, 0.717) is 47.5 Å². The van der Waals surface area contributed by atoms with Gasteiger partial charge in [-0.05, 0) is 38.0 Å². The smallest absolute Gasteiger partial charge is 0.338 e. The van der Waals surface area contributed by atoms with E-state index in [2.05, 4.69) is 15.5 Å². The molecule has 2 aromatic rings. The number of nitrogens with one attached hydrogen (secondary N) is 2. The zero-order valence-corrected chi connectivity index (χ0v) is 20.5. The number of esters is 1. The highest BCUT2D eigenvalue weighted by Crippen LogP contribution is 2.39. The summed E-state index contributed by atoms with van der Waals surface area (Å²) in [6.07, 6.45) is 6.08. The average Bonchev–Trinajstić information content (AvgIpc) is 3.57. The molecule has 2 heterocycles. The second-order valence-corrected chi connectivity index (χ2v) is 8.65. The van der Waals surface area contributed by atoms with Crippen LogP contribution in [0.4, 0.5) is 4.79 Å². The molecular weight excluding hydrogens is 450 g/mol. The van der Waals surface area contributed by atoms with Gasteiger partial charge in [0.05, 0.1) is 45.2 Å². The highest BCUT2D eigenvalue weighted by Gasteiger charge is 2.37. The van der Waals surface area contributed by atoms with Gasteiger partial charge in [0.15, 0.2) is 11.5 Å². The summed E-state index contributed by atoms with van der Waals surface area (Å²) >= 11 is 0. The maximum absolute atomic E-state index is 13.3. The van der Waals surface area contributed by atoms with Crippen molar-refractivity contribution in [2.45, 2.75) is 51.2 Å². The Morgan fingerprint density at radius 2 is 1.91 bits per heavy atom. The summed E-state index contributed by atoms with van der Waals surface area (Å²) in [6.45, 7) is 2.92. The van der Waals surface area contributed by atoms with Crippen LogP contribution in [0.2, 0.25) is 0 Å².